The summed E-state index contributed by atoms with van der Waals surface area (Å²) in [5, 5.41) is 5.97. The van der Waals surface area contributed by atoms with E-state index in [1.807, 2.05) is 30.3 Å². The zero-order valence-corrected chi connectivity index (χ0v) is 17.2. The molecule has 4 aromatic rings. The van der Waals surface area contributed by atoms with Crippen molar-refractivity contribution in [1.29, 1.82) is 0 Å². The molecule has 0 saturated carbocycles. The van der Waals surface area contributed by atoms with Gasteiger partial charge in [0.05, 0.1) is 21.5 Å². The van der Waals surface area contributed by atoms with Gasteiger partial charge in [0.1, 0.15) is 5.52 Å². The summed E-state index contributed by atoms with van der Waals surface area (Å²) in [6.07, 6.45) is -10.1. The molecular weight excluding hydrogens is 468 g/mol. The largest absolute Gasteiger partial charge is 0.416 e. The number of nitrogens with one attached hydrogen (secondary N) is 2. The molecule has 0 atom stereocenters. The highest BCUT2D eigenvalue weighted by Gasteiger charge is 2.37. The van der Waals surface area contributed by atoms with Gasteiger partial charge in [-0.1, -0.05) is 35.6 Å². The molecule has 0 fully saturated rings. The van der Waals surface area contributed by atoms with Crippen molar-refractivity contribution >= 4 is 44.0 Å². The van der Waals surface area contributed by atoms with Crippen LogP contribution in [0.3, 0.4) is 0 Å². The van der Waals surface area contributed by atoms with Crippen LogP contribution in [0, 0.1) is 0 Å². The van der Waals surface area contributed by atoms with Crippen LogP contribution in [0.15, 0.2) is 66.7 Å². The van der Waals surface area contributed by atoms with Crippen molar-refractivity contribution in [2.45, 2.75) is 12.4 Å². The fraction of sp³-hybridized carbons (Fsp3) is 0.0909. The van der Waals surface area contributed by atoms with E-state index in [-0.39, 0.29) is 11.8 Å². The van der Waals surface area contributed by atoms with E-state index in [1.54, 1.807) is 12.1 Å². The summed E-state index contributed by atoms with van der Waals surface area (Å²) >= 11 is 1.27. The van der Waals surface area contributed by atoms with Crippen LogP contribution in [0.1, 0.15) is 21.5 Å². The van der Waals surface area contributed by atoms with E-state index in [0.717, 1.165) is 5.69 Å². The average Bonchev–Trinajstić information content (AvgIpc) is 3.16. The van der Waals surface area contributed by atoms with Crippen molar-refractivity contribution in [2.75, 3.05) is 10.6 Å². The second-order valence-corrected chi connectivity index (χ2v) is 7.94. The molecule has 0 radical (unpaired) electrons. The molecule has 3 aromatic carbocycles. The lowest BCUT2D eigenvalue weighted by molar-refractivity contribution is -0.143. The Morgan fingerprint density at radius 3 is 2.06 bits per heavy atom. The molecule has 4 nitrogen and oxygen atoms in total. The molecule has 11 heteroatoms. The van der Waals surface area contributed by atoms with Gasteiger partial charge in [-0.2, -0.15) is 26.3 Å². The molecule has 0 saturated heterocycles. The highest BCUT2D eigenvalue weighted by atomic mass is 32.1. The third-order valence-corrected chi connectivity index (χ3v) is 5.48. The fourth-order valence-corrected chi connectivity index (χ4v) is 3.94. The Balaban J connectivity index is 1.66. The fourth-order valence-electron chi connectivity index (χ4n) is 3.03. The number of thiazole rings is 1. The summed E-state index contributed by atoms with van der Waals surface area (Å²) in [6.45, 7) is 0. The first-order valence-electron chi connectivity index (χ1n) is 9.33. The maximum Gasteiger partial charge on any atom is 0.416 e. The van der Waals surface area contributed by atoms with E-state index in [1.165, 1.54) is 17.4 Å². The molecule has 170 valence electrons. The number of nitrogens with zero attached hydrogens (tertiary/aromatic N) is 1. The van der Waals surface area contributed by atoms with Crippen LogP contribution in [0.5, 0.6) is 0 Å². The van der Waals surface area contributed by atoms with Crippen LogP contribution in [-0.4, -0.2) is 10.9 Å². The molecule has 1 aromatic heterocycles. The molecule has 1 amide bonds. The number of aromatic nitrogens is 1. The molecule has 0 unspecified atom stereocenters. The first-order chi connectivity index (χ1) is 15.5. The van der Waals surface area contributed by atoms with Gasteiger partial charge in [-0.25, -0.2) is 4.98 Å². The van der Waals surface area contributed by atoms with Crippen molar-refractivity contribution in [2.24, 2.45) is 0 Å². The monoisotopic (exact) mass is 481 g/mol. The topological polar surface area (TPSA) is 54.0 Å². The maximum atomic E-state index is 13.1. The van der Waals surface area contributed by atoms with Gasteiger partial charge >= 0.3 is 12.4 Å². The predicted octanol–water partition coefficient (Wildman–Crippen LogP) is 7.33. The number of amides is 1. The standard InChI is InChI=1S/C22H13F6N3OS/c23-21(24,25)13-9-12(10-14(11-13)22(26,27)28)19(32)30-16-7-4-8-17-18(16)31-20(33-17)29-15-5-2-1-3-6-15/h1-11H,(H,29,31)(H,30,32). The lowest BCUT2D eigenvalue weighted by Gasteiger charge is -2.14. The Morgan fingerprint density at radius 1 is 0.818 bits per heavy atom. The molecule has 0 aliphatic heterocycles. The molecule has 2 N–H and O–H groups in total. The van der Waals surface area contributed by atoms with Gasteiger partial charge in [0.15, 0.2) is 5.13 Å². The number of halogens is 6. The summed E-state index contributed by atoms with van der Waals surface area (Å²) < 4.78 is 79.3. The average molecular weight is 481 g/mol. The molecular formula is C22H13F6N3OS. The van der Waals surface area contributed by atoms with Gasteiger partial charge in [-0.3, -0.25) is 4.79 Å². The lowest BCUT2D eigenvalue weighted by Crippen LogP contribution is -2.17. The summed E-state index contributed by atoms with van der Waals surface area (Å²) in [5.74, 6) is -1.12. The minimum atomic E-state index is -5.05. The number of carbonyl (C=O) groups excluding carboxylic acids is 1. The Morgan fingerprint density at radius 2 is 1.45 bits per heavy atom. The number of alkyl halides is 6. The highest BCUT2D eigenvalue weighted by Crippen LogP contribution is 2.37. The van der Waals surface area contributed by atoms with Crippen molar-refractivity contribution in [3.8, 4) is 0 Å². The number of anilines is 3. The zero-order chi connectivity index (χ0) is 23.8. The van der Waals surface area contributed by atoms with E-state index in [2.05, 4.69) is 15.6 Å². The van der Waals surface area contributed by atoms with Gasteiger partial charge in [0.25, 0.3) is 5.91 Å². The van der Waals surface area contributed by atoms with E-state index >= 15 is 0 Å². The minimum absolute atomic E-state index is 0.0283. The number of fused-ring (bicyclic) bond motifs is 1. The molecule has 0 aliphatic rings. The van der Waals surface area contributed by atoms with Gasteiger partial charge in [-0.15, -0.1) is 0 Å². The number of carbonyl (C=O) groups is 1. The van der Waals surface area contributed by atoms with Crippen LogP contribution >= 0.6 is 11.3 Å². The minimum Gasteiger partial charge on any atom is -0.332 e. The third kappa shape index (κ3) is 5.08. The zero-order valence-electron chi connectivity index (χ0n) is 16.4. The summed E-state index contributed by atoms with van der Waals surface area (Å²) in [7, 11) is 0. The van der Waals surface area contributed by atoms with Gasteiger partial charge < -0.3 is 10.6 Å². The maximum absolute atomic E-state index is 13.1. The van der Waals surface area contributed by atoms with Crippen LogP contribution in [0.4, 0.5) is 42.8 Å². The number of rotatable bonds is 4. The number of hydrogen-bond acceptors (Lipinski definition) is 4. The van der Waals surface area contributed by atoms with Crippen molar-refractivity contribution < 1.29 is 31.1 Å². The molecule has 0 bridgehead atoms. The van der Waals surface area contributed by atoms with Crippen LogP contribution in [0.25, 0.3) is 10.2 Å². The molecule has 33 heavy (non-hydrogen) atoms. The second-order valence-electron chi connectivity index (χ2n) is 6.91. The van der Waals surface area contributed by atoms with E-state index < -0.39 is 35.0 Å². The van der Waals surface area contributed by atoms with Gasteiger partial charge in [0.2, 0.25) is 0 Å². The Bertz CT molecular complexity index is 1280. The number of para-hydroxylation sites is 2. The normalized spacial score (nSPS) is 12.1. The van der Waals surface area contributed by atoms with E-state index in [9.17, 15) is 31.1 Å². The SMILES string of the molecule is O=C(Nc1cccc2sc(Nc3ccccc3)nc12)c1cc(C(F)(F)F)cc(C(F)(F)F)c1. The Kier molecular flexibility index (Phi) is 5.75. The van der Waals surface area contributed by atoms with Crippen LogP contribution in [0.2, 0.25) is 0 Å². The van der Waals surface area contributed by atoms with Crippen molar-refractivity contribution in [3.63, 3.8) is 0 Å². The summed E-state index contributed by atoms with van der Waals surface area (Å²) in [6, 6.07) is 14.7. The Hall–Kier alpha value is -3.60. The van der Waals surface area contributed by atoms with E-state index in [0.29, 0.717) is 27.5 Å². The third-order valence-electron chi connectivity index (χ3n) is 4.54. The van der Waals surface area contributed by atoms with Crippen LogP contribution < -0.4 is 10.6 Å². The first-order valence-corrected chi connectivity index (χ1v) is 10.1. The number of hydrogen-bond donors (Lipinski definition) is 2. The highest BCUT2D eigenvalue weighted by molar-refractivity contribution is 7.22. The lowest BCUT2D eigenvalue weighted by atomic mass is 10.0. The van der Waals surface area contributed by atoms with Crippen LogP contribution in [-0.2, 0) is 12.4 Å². The van der Waals surface area contributed by atoms with Gasteiger partial charge in [0, 0.05) is 11.3 Å². The molecule has 1 heterocycles. The smallest absolute Gasteiger partial charge is 0.332 e. The van der Waals surface area contributed by atoms with Crippen molar-refractivity contribution in [1.82, 2.24) is 4.98 Å². The predicted molar refractivity (Wildman–Crippen MR) is 114 cm³/mol. The Labute approximate surface area is 186 Å². The second kappa shape index (κ2) is 8.39. The number of benzene rings is 3. The summed E-state index contributed by atoms with van der Waals surface area (Å²) in [5.41, 5.74) is -2.64. The quantitative estimate of drug-likeness (QED) is 0.300. The molecule has 4 rings (SSSR count). The molecule has 0 spiro atoms. The van der Waals surface area contributed by atoms with E-state index in [4.69, 9.17) is 0 Å². The molecule has 0 aliphatic carbocycles. The van der Waals surface area contributed by atoms with Gasteiger partial charge in [-0.05, 0) is 42.5 Å². The summed E-state index contributed by atoms with van der Waals surface area (Å²) in [4.78, 5) is 17.0. The van der Waals surface area contributed by atoms with Crippen molar-refractivity contribution in [3.05, 3.63) is 83.4 Å². The first kappa shape index (κ1) is 22.6.